The van der Waals surface area contributed by atoms with Gasteiger partial charge in [0.1, 0.15) is 5.15 Å². The van der Waals surface area contributed by atoms with Gasteiger partial charge in [0.05, 0.1) is 11.1 Å². The molecule has 0 radical (unpaired) electrons. The van der Waals surface area contributed by atoms with Crippen LogP contribution < -0.4 is 0 Å². The van der Waals surface area contributed by atoms with Crippen LogP contribution in [0, 0.1) is 0 Å². The molecule has 0 saturated heterocycles. The SMILES string of the molecule is O=Cc1cc2c(-c3ccccc3Cl)c(Cl)ccc2nc1Cl. The van der Waals surface area contributed by atoms with Crippen LogP contribution >= 0.6 is 34.8 Å². The number of aldehydes is 1. The molecule has 0 amide bonds. The quantitative estimate of drug-likeness (QED) is 0.445. The Morgan fingerprint density at radius 2 is 1.71 bits per heavy atom. The average molecular weight is 337 g/mol. The number of carbonyl (C=O) groups excluding carboxylic acids is 1. The van der Waals surface area contributed by atoms with Crippen LogP contribution in [0.4, 0.5) is 0 Å². The highest BCUT2D eigenvalue weighted by atomic mass is 35.5. The average Bonchev–Trinajstić information content (AvgIpc) is 2.48. The van der Waals surface area contributed by atoms with Gasteiger partial charge >= 0.3 is 0 Å². The molecule has 3 rings (SSSR count). The molecular weight excluding hydrogens is 329 g/mol. The molecule has 0 fully saturated rings. The van der Waals surface area contributed by atoms with Gasteiger partial charge in [-0.2, -0.15) is 0 Å². The molecule has 2 nitrogen and oxygen atoms in total. The van der Waals surface area contributed by atoms with Gasteiger partial charge < -0.3 is 0 Å². The van der Waals surface area contributed by atoms with Crippen LogP contribution in [0.3, 0.4) is 0 Å². The van der Waals surface area contributed by atoms with E-state index < -0.39 is 0 Å². The summed E-state index contributed by atoms with van der Waals surface area (Å²) < 4.78 is 0. The maximum Gasteiger partial charge on any atom is 0.153 e. The monoisotopic (exact) mass is 335 g/mol. The van der Waals surface area contributed by atoms with Gasteiger partial charge in [-0.25, -0.2) is 4.98 Å². The first-order chi connectivity index (χ1) is 10.1. The maximum atomic E-state index is 11.1. The van der Waals surface area contributed by atoms with E-state index in [2.05, 4.69) is 4.98 Å². The smallest absolute Gasteiger partial charge is 0.153 e. The van der Waals surface area contributed by atoms with Crippen LogP contribution in [0.2, 0.25) is 15.2 Å². The minimum absolute atomic E-state index is 0.171. The minimum Gasteiger partial charge on any atom is -0.298 e. The van der Waals surface area contributed by atoms with Crippen molar-refractivity contribution in [3.8, 4) is 11.1 Å². The number of halogens is 3. The van der Waals surface area contributed by atoms with Gasteiger partial charge in [0.25, 0.3) is 0 Å². The zero-order valence-electron chi connectivity index (χ0n) is 10.6. The molecule has 0 atom stereocenters. The van der Waals surface area contributed by atoms with E-state index in [1.54, 1.807) is 24.3 Å². The van der Waals surface area contributed by atoms with Crippen LogP contribution in [0.15, 0.2) is 42.5 Å². The number of aromatic nitrogens is 1. The van der Waals surface area contributed by atoms with Gasteiger partial charge in [0.2, 0.25) is 0 Å². The molecule has 3 aromatic rings. The second-order valence-electron chi connectivity index (χ2n) is 4.46. The molecule has 0 spiro atoms. The molecule has 2 aromatic carbocycles. The second kappa shape index (κ2) is 5.64. The summed E-state index contributed by atoms with van der Waals surface area (Å²) in [6.45, 7) is 0. The molecule has 0 aliphatic heterocycles. The van der Waals surface area contributed by atoms with E-state index in [1.807, 2.05) is 18.2 Å². The summed E-state index contributed by atoms with van der Waals surface area (Å²) in [5.41, 5.74) is 2.51. The molecule has 104 valence electrons. The third-order valence-electron chi connectivity index (χ3n) is 3.20. The summed E-state index contributed by atoms with van der Waals surface area (Å²) in [4.78, 5) is 15.3. The van der Waals surface area contributed by atoms with Crippen molar-refractivity contribution >= 4 is 52.0 Å². The lowest BCUT2D eigenvalue weighted by molar-refractivity contribution is 0.112. The molecule has 0 bridgehead atoms. The largest absolute Gasteiger partial charge is 0.298 e. The van der Waals surface area contributed by atoms with Crippen molar-refractivity contribution < 1.29 is 4.79 Å². The van der Waals surface area contributed by atoms with E-state index in [0.29, 0.717) is 27.4 Å². The highest BCUT2D eigenvalue weighted by Gasteiger charge is 2.14. The number of carbonyl (C=O) groups is 1. The fourth-order valence-electron chi connectivity index (χ4n) is 2.23. The van der Waals surface area contributed by atoms with Crippen LogP contribution in [-0.2, 0) is 0 Å². The van der Waals surface area contributed by atoms with Crippen molar-refractivity contribution in [2.24, 2.45) is 0 Å². The van der Waals surface area contributed by atoms with Crippen LogP contribution in [0.5, 0.6) is 0 Å². The van der Waals surface area contributed by atoms with Crippen molar-refractivity contribution in [1.29, 1.82) is 0 Å². The Balaban J connectivity index is 2.44. The molecular formula is C16H8Cl3NO. The van der Waals surface area contributed by atoms with Gasteiger partial charge in [0, 0.05) is 26.6 Å². The van der Waals surface area contributed by atoms with Crippen molar-refractivity contribution in [3.63, 3.8) is 0 Å². The number of hydrogen-bond acceptors (Lipinski definition) is 2. The molecule has 0 aliphatic carbocycles. The molecule has 0 saturated carbocycles. The molecule has 0 aliphatic rings. The molecule has 5 heteroatoms. The highest BCUT2D eigenvalue weighted by Crippen LogP contribution is 2.39. The molecule has 1 heterocycles. The summed E-state index contributed by atoms with van der Waals surface area (Å²) >= 11 is 18.6. The summed E-state index contributed by atoms with van der Waals surface area (Å²) in [7, 11) is 0. The first-order valence-electron chi connectivity index (χ1n) is 6.10. The van der Waals surface area contributed by atoms with Gasteiger partial charge in [-0.3, -0.25) is 4.79 Å². The van der Waals surface area contributed by atoms with E-state index >= 15 is 0 Å². The van der Waals surface area contributed by atoms with Crippen LogP contribution in [0.1, 0.15) is 10.4 Å². The predicted molar refractivity (Wildman–Crippen MR) is 87.6 cm³/mol. The van der Waals surface area contributed by atoms with E-state index in [9.17, 15) is 4.79 Å². The van der Waals surface area contributed by atoms with Crippen LogP contribution in [0.25, 0.3) is 22.0 Å². The minimum atomic E-state index is 0.171. The fourth-order valence-corrected chi connectivity index (χ4v) is 2.92. The Bertz CT molecular complexity index is 862. The van der Waals surface area contributed by atoms with Crippen molar-refractivity contribution in [1.82, 2.24) is 4.98 Å². The third-order valence-corrected chi connectivity index (χ3v) is 4.15. The van der Waals surface area contributed by atoms with Gasteiger partial charge in [-0.1, -0.05) is 53.0 Å². The lowest BCUT2D eigenvalue weighted by Gasteiger charge is -2.11. The van der Waals surface area contributed by atoms with Gasteiger partial charge in [-0.05, 0) is 24.3 Å². The fraction of sp³-hybridized carbons (Fsp3) is 0. The standard InChI is InChI=1S/C16H8Cl3NO/c17-12-4-2-1-3-10(12)15-11-7-9(8-21)16(19)20-14(11)6-5-13(15)18/h1-8H. The Morgan fingerprint density at radius 3 is 2.43 bits per heavy atom. The second-order valence-corrected chi connectivity index (χ2v) is 5.63. The van der Waals surface area contributed by atoms with E-state index in [-0.39, 0.29) is 5.15 Å². The molecule has 21 heavy (non-hydrogen) atoms. The third kappa shape index (κ3) is 2.51. The van der Waals surface area contributed by atoms with Crippen molar-refractivity contribution in [2.75, 3.05) is 0 Å². The zero-order valence-corrected chi connectivity index (χ0v) is 12.9. The number of nitrogens with zero attached hydrogens (tertiary/aromatic N) is 1. The summed E-state index contributed by atoms with van der Waals surface area (Å²) in [5.74, 6) is 0. The Kier molecular flexibility index (Phi) is 3.85. The lowest BCUT2D eigenvalue weighted by atomic mass is 9.99. The Hall–Kier alpha value is -1.61. The number of rotatable bonds is 2. The van der Waals surface area contributed by atoms with Crippen LogP contribution in [-0.4, -0.2) is 11.3 Å². The normalized spacial score (nSPS) is 10.8. The van der Waals surface area contributed by atoms with E-state index in [0.717, 1.165) is 16.5 Å². The van der Waals surface area contributed by atoms with Crippen molar-refractivity contribution in [3.05, 3.63) is 63.2 Å². The number of benzene rings is 2. The summed E-state index contributed by atoms with van der Waals surface area (Å²) in [6.07, 6.45) is 0.673. The summed E-state index contributed by atoms with van der Waals surface area (Å²) in [6, 6.07) is 12.6. The number of hydrogen-bond donors (Lipinski definition) is 0. The van der Waals surface area contributed by atoms with Gasteiger partial charge in [0.15, 0.2) is 6.29 Å². The topological polar surface area (TPSA) is 30.0 Å². The first kappa shape index (κ1) is 14.3. The zero-order chi connectivity index (χ0) is 15.0. The Morgan fingerprint density at radius 1 is 0.952 bits per heavy atom. The number of fused-ring (bicyclic) bond motifs is 1. The van der Waals surface area contributed by atoms with Crippen molar-refractivity contribution in [2.45, 2.75) is 0 Å². The van der Waals surface area contributed by atoms with E-state index in [1.165, 1.54) is 0 Å². The highest BCUT2D eigenvalue weighted by molar-refractivity contribution is 6.38. The predicted octanol–water partition coefficient (Wildman–Crippen LogP) is 5.67. The first-order valence-corrected chi connectivity index (χ1v) is 7.24. The molecule has 1 aromatic heterocycles. The molecule has 0 unspecified atom stereocenters. The maximum absolute atomic E-state index is 11.1. The lowest BCUT2D eigenvalue weighted by Crippen LogP contribution is -1.91. The number of pyridine rings is 1. The molecule has 0 N–H and O–H groups in total. The summed E-state index contributed by atoms with van der Waals surface area (Å²) in [5, 5.41) is 2.03. The Labute approximate surface area is 136 Å². The van der Waals surface area contributed by atoms with Gasteiger partial charge in [-0.15, -0.1) is 0 Å². The van der Waals surface area contributed by atoms with E-state index in [4.69, 9.17) is 34.8 Å².